The van der Waals surface area contributed by atoms with Crippen LogP contribution in [-0.4, -0.2) is 44.0 Å². The fraction of sp³-hybridized carbons (Fsp3) is 0.435. The van der Waals surface area contributed by atoms with Crippen molar-refractivity contribution in [3.63, 3.8) is 0 Å². The molecule has 0 spiro atoms. The van der Waals surface area contributed by atoms with Crippen LogP contribution >= 0.6 is 11.6 Å². The second-order valence-corrected chi connectivity index (χ2v) is 10.5. The number of esters is 1. The fourth-order valence-corrected chi connectivity index (χ4v) is 4.77. The summed E-state index contributed by atoms with van der Waals surface area (Å²) < 4.78 is 38.4. The summed E-state index contributed by atoms with van der Waals surface area (Å²) in [7, 11) is -3.63. The standard InChI is InChI=1S/C23H30ClNO5S/c1-7-25(8-2)31(27,28)18-11-9-16(3)19(14-18)20-13-17(24)10-12-21(20)29-15-22(26)30-23(4,5)6/h9-14H,7-8,15H2,1-6H3. The van der Waals surface area contributed by atoms with E-state index < -0.39 is 21.6 Å². The lowest BCUT2D eigenvalue weighted by atomic mass is 10.00. The van der Waals surface area contributed by atoms with Crippen LogP contribution < -0.4 is 4.74 Å². The van der Waals surface area contributed by atoms with Gasteiger partial charge in [0, 0.05) is 23.7 Å². The number of rotatable bonds is 8. The molecule has 6 nitrogen and oxygen atoms in total. The van der Waals surface area contributed by atoms with Gasteiger partial charge in [0.1, 0.15) is 11.4 Å². The van der Waals surface area contributed by atoms with Gasteiger partial charge in [-0.1, -0.05) is 31.5 Å². The number of hydrogen-bond acceptors (Lipinski definition) is 5. The van der Waals surface area contributed by atoms with Crippen molar-refractivity contribution in [1.29, 1.82) is 0 Å². The van der Waals surface area contributed by atoms with E-state index in [1.807, 2.05) is 6.92 Å². The Morgan fingerprint density at radius 2 is 1.68 bits per heavy atom. The van der Waals surface area contributed by atoms with Gasteiger partial charge in [-0.3, -0.25) is 0 Å². The first kappa shape index (κ1) is 25.2. The van der Waals surface area contributed by atoms with Crippen molar-refractivity contribution >= 4 is 27.6 Å². The summed E-state index contributed by atoms with van der Waals surface area (Å²) in [5, 5.41) is 0.469. The Balaban J connectivity index is 2.47. The van der Waals surface area contributed by atoms with Crippen LogP contribution in [0.5, 0.6) is 5.75 Å². The molecular weight excluding hydrogens is 438 g/mol. The topological polar surface area (TPSA) is 72.9 Å². The van der Waals surface area contributed by atoms with Crippen LogP contribution in [0.3, 0.4) is 0 Å². The van der Waals surface area contributed by atoms with Gasteiger partial charge >= 0.3 is 5.97 Å². The van der Waals surface area contributed by atoms with Gasteiger partial charge in [-0.05, 0) is 69.2 Å². The highest BCUT2D eigenvalue weighted by Crippen LogP contribution is 2.36. The van der Waals surface area contributed by atoms with Crippen molar-refractivity contribution in [2.24, 2.45) is 0 Å². The first-order valence-electron chi connectivity index (χ1n) is 10.1. The molecular formula is C23H30ClNO5S. The van der Waals surface area contributed by atoms with Gasteiger partial charge in [0.15, 0.2) is 6.61 Å². The Bertz CT molecular complexity index is 1040. The van der Waals surface area contributed by atoms with Gasteiger partial charge in [-0.25, -0.2) is 13.2 Å². The summed E-state index contributed by atoms with van der Waals surface area (Å²) in [5.41, 5.74) is 1.50. The van der Waals surface area contributed by atoms with Crippen LogP contribution in [0.1, 0.15) is 40.2 Å². The van der Waals surface area contributed by atoms with E-state index in [-0.39, 0.29) is 11.5 Å². The first-order chi connectivity index (χ1) is 14.4. The number of halogens is 1. The number of hydrogen-bond donors (Lipinski definition) is 0. The smallest absolute Gasteiger partial charge is 0.344 e. The largest absolute Gasteiger partial charge is 0.481 e. The Morgan fingerprint density at radius 1 is 1.03 bits per heavy atom. The molecule has 0 amide bonds. The van der Waals surface area contributed by atoms with Crippen molar-refractivity contribution in [2.45, 2.75) is 52.0 Å². The quantitative estimate of drug-likeness (QED) is 0.507. The maximum Gasteiger partial charge on any atom is 0.344 e. The van der Waals surface area contributed by atoms with Gasteiger partial charge in [0.05, 0.1) is 4.90 Å². The van der Waals surface area contributed by atoms with Gasteiger partial charge < -0.3 is 9.47 Å². The Labute approximate surface area is 190 Å². The average Bonchev–Trinajstić information content (AvgIpc) is 2.66. The molecule has 8 heteroatoms. The van der Waals surface area contributed by atoms with Gasteiger partial charge in [-0.15, -0.1) is 0 Å². The van der Waals surface area contributed by atoms with E-state index in [4.69, 9.17) is 21.1 Å². The van der Waals surface area contributed by atoms with Crippen molar-refractivity contribution in [3.8, 4) is 16.9 Å². The van der Waals surface area contributed by atoms with E-state index in [1.165, 1.54) is 4.31 Å². The molecule has 0 bridgehead atoms. The Morgan fingerprint density at radius 3 is 2.26 bits per heavy atom. The van der Waals surface area contributed by atoms with Gasteiger partial charge in [-0.2, -0.15) is 4.31 Å². The van der Waals surface area contributed by atoms with E-state index in [0.717, 1.165) is 5.56 Å². The van der Waals surface area contributed by atoms with E-state index in [2.05, 4.69) is 0 Å². The van der Waals surface area contributed by atoms with Crippen LogP contribution in [0.2, 0.25) is 5.02 Å². The van der Waals surface area contributed by atoms with Crippen LogP contribution in [0.4, 0.5) is 0 Å². The van der Waals surface area contributed by atoms with Gasteiger partial charge in [0.2, 0.25) is 10.0 Å². The minimum absolute atomic E-state index is 0.190. The third-order valence-corrected chi connectivity index (χ3v) is 6.83. The highest BCUT2D eigenvalue weighted by Gasteiger charge is 2.23. The van der Waals surface area contributed by atoms with Crippen LogP contribution in [0.15, 0.2) is 41.3 Å². The zero-order chi connectivity index (χ0) is 23.4. The highest BCUT2D eigenvalue weighted by molar-refractivity contribution is 7.89. The maximum atomic E-state index is 13.0. The number of carbonyl (C=O) groups excluding carboxylic acids is 1. The lowest BCUT2D eigenvalue weighted by Gasteiger charge is -2.21. The minimum Gasteiger partial charge on any atom is -0.481 e. The fourth-order valence-electron chi connectivity index (χ4n) is 3.11. The zero-order valence-corrected chi connectivity index (χ0v) is 20.4. The predicted molar refractivity (Wildman–Crippen MR) is 123 cm³/mol. The number of benzene rings is 2. The number of aryl methyl sites for hydroxylation is 1. The van der Waals surface area contributed by atoms with Crippen molar-refractivity contribution < 1.29 is 22.7 Å². The lowest BCUT2D eigenvalue weighted by Crippen LogP contribution is -2.30. The zero-order valence-electron chi connectivity index (χ0n) is 18.9. The molecule has 0 saturated heterocycles. The molecule has 0 heterocycles. The first-order valence-corrected chi connectivity index (χ1v) is 12.0. The van der Waals surface area contributed by atoms with Crippen molar-refractivity contribution in [2.75, 3.05) is 19.7 Å². The average molecular weight is 468 g/mol. The van der Waals surface area contributed by atoms with E-state index >= 15 is 0 Å². The normalized spacial score (nSPS) is 12.1. The molecule has 0 saturated carbocycles. The molecule has 0 aliphatic heterocycles. The minimum atomic E-state index is -3.63. The molecule has 0 aliphatic carbocycles. The summed E-state index contributed by atoms with van der Waals surface area (Å²) in [5.74, 6) is -0.0845. The van der Waals surface area contributed by atoms with Gasteiger partial charge in [0.25, 0.3) is 0 Å². The van der Waals surface area contributed by atoms with Crippen molar-refractivity contribution in [1.82, 2.24) is 4.31 Å². The summed E-state index contributed by atoms with van der Waals surface area (Å²) in [4.78, 5) is 12.3. The SMILES string of the molecule is CCN(CC)S(=O)(=O)c1ccc(C)c(-c2cc(Cl)ccc2OCC(=O)OC(C)(C)C)c1. The monoisotopic (exact) mass is 467 g/mol. The molecule has 0 radical (unpaired) electrons. The van der Waals surface area contributed by atoms with E-state index in [0.29, 0.717) is 35.0 Å². The maximum absolute atomic E-state index is 13.0. The summed E-state index contributed by atoms with van der Waals surface area (Å²) >= 11 is 6.22. The second kappa shape index (κ2) is 10.0. The molecule has 170 valence electrons. The molecule has 2 aromatic rings. The molecule has 0 aliphatic rings. The molecule has 31 heavy (non-hydrogen) atoms. The Hall–Kier alpha value is -2.09. The number of sulfonamides is 1. The molecule has 0 aromatic heterocycles. The molecule has 0 atom stereocenters. The third kappa shape index (κ3) is 6.45. The summed E-state index contributed by atoms with van der Waals surface area (Å²) in [6.45, 7) is 11.3. The summed E-state index contributed by atoms with van der Waals surface area (Å²) in [6, 6.07) is 9.98. The molecule has 2 aromatic carbocycles. The number of ether oxygens (including phenoxy) is 2. The number of nitrogens with zero attached hydrogens (tertiary/aromatic N) is 1. The molecule has 0 unspecified atom stereocenters. The lowest BCUT2D eigenvalue weighted by molar-refractivity contribution is -0.157. The van der Waals surface area contributed by atoms with Crippen molar-refractivity contribution in [3.05, 3.63) is 47.0 Å². The third-order valence-electron chi connectivity index (χ3n) is 4.55. The number of carbonyl (C=O) groups is 1. The molecule has 0 fully saturated rings. The Kier molecular flexibility index (Phi) is 8.14. The summed E-state index contributed by atoms with van der Waals surface area (Å²) in [6.07, 6.45) is 0. The molecule has 0 N–H and O–H groups in total. The predicted octanol–water partition coefficient (Wildman–Crippen LogP) is 5.07. The highest BCUT2D eigenvalue weighted by atomic mass is 35.5. The second-order valence-electron chi connectivity index (χ2n) is 8.08. The van der Waals surface area contributed by atoms with E-state index in [9.17, 15) is 13.2 Å². The van der Waals surface area contributed by atoms with E-state index in [1.54, 1.807) is 71.0 Å². The molecule has 2 rings (SSSR count). The van der Waals surface area contributed by atoms with Crippen LogP contribution in [-0.2, 0) is 19.6 Å². The van der Waals surface area contributed by atoms with Crippen LogP contribution in [0.25, 0.3) is 11.1 Å². The van der Waals surface area contributed by atoms with Crippen LogP contribution in [0, 0.1) is 6.92 Å².